The zero-order valence-corrected chi connectivity index (χ0v) is 9.37. The van der Waals surface area contributed by atoms with Crippen molar-refractivity contribution in [2.45, 2.75) is 12.1 Å². The number of nitro benzene ring substituents is 1. The van der Waals surface area contributed by atoms with Crippen molar-refractivity contribution in [3.05, 3.63) is 39.7 Å². The van der Waals surface area contributed by atoms with Gasteiger partial charge in [-0.25, -0.2) is 0 Å². The van der Waals surface area contributed by atoms with Gasteiger partial charge in [-0.2, -0.15) is 4.39 Å². The molecule has 2 atom stereocenters. The number of hydrogen-bond donors (Lipinski definition) is 2. The Morgan fingerprint density at radius 1 is 1.61 bits per heavy atom. The van der Waals surface area contributed by atoms with Gasteiger partial charge in [0.2, 0.25) is 5.82 Å². The van der Waals surface area contributed by atoms with Crippen molar-refractivity contribution in [2.75, 3.05) is 7.11 Å². The summed E-state index contributed by atoms with van der Waals surface area (Å²) in [5.41, 5.74) is 4.54. The average Bonchev–Trinajstić information content (AvgIpc) is 2.36. The van der Waals surface area contributed by atoms with Crippen LogP contribution in [-0.2, 0) is 9.53 Å². The standard InChI is InChI=1S/C10H11FN2O5/c1-18-10(15)8(12)9(14)5-2-3-6(11)7(4-5)13(16)17/h2-4,8-9,14H,12H2,1H3/t8-,9-/m0/s1. The number of nitrogens with zero attached hydrogens (tertiary/aromatic N) is 1. The van der Waals surface area contributed by atoms with Gasteiger partial charge in [0.25, 0.3) is 0 Å². The Morgan fingerprint density at radius 2 is 2.22 bits per heavy atom. The second kappa shape index (κ2) is 5.52. The maximum atomic E-state index is 13.1. The maximum Gasteiger partial charge on any atom is 0.325 e. The summed E-state index contributed by atoms with van der Waals surface area (Å²) in [6.07, 6.45) is -1.52. The van der Waals surface area contributed by atoms with Crippen molar-refractivity contribution in [2.24, 2.45) is 5.73 Å². The molecule has 18 heavy (non-hydrogen) atoms. The molecule has 98 valence electrons. The van der Waals surface area contributed by atoms with Crippen LogP contribution in [0.4, 0.5) is 10.1 Å². The molecule has 0 bridgehead atoms. The quantitative estimate of drug-likeness (QED) is 0.455. The van der Waals surface area contributed by atoms with Crippen molar-refractivity contribution in [3.8, 4) is 0 Å². The molecule has 0 spiro atoms. The predicted molar refractivity (Wildman–Crippen MR) is 58.0 cm³/mol. The van der Waals surface area contributed by atoms with Gasteiger partial charge in [0.1, 0.15) is 12.1 Å². The number of aliphatic hydroxyl groups excluding tert-OH is 1. The summed E-state index contributed by atoms with van der Waals surface area (Å²) in [5.74, 6) is -1.92. The van der Waals surface area contributed by atoms with Gasteiger partial charge < -0.3 is 15.6 Å². The Labute approximate surface area is 101 Å². The number of carbonyl (C=O) groups is 1. The normalized spacial score (nSPS) is 13.8. The molecule has 1 rings (SSSR count). The van der Waals surface area contributed by atoms with Gasteiger partial charge in [-0.05, 0) is 11.6 Å². The highest BCUT2D eigenvalue weighted by Crippen LogP contribution is 2.24. The molecule has 0 heterocycles. The summed E-state index contributed by atoms with van der Waals surface area (Å²) < 4.78 is 17.4. The molecule has 7 nitrogen and oxygen atoms in total. The molecule has 0 unspecified atom stereocenters. The van der Waals surface area contributed by atoms with E-state index < -0.39 is 34.5 Å². The highest BCUT2D eigenvalue weighted by Gasteiger charge is 2.27. The molecule has 0 aliphatic heterocycles. The van der Waals surface area contributed by atoms with Crippen LogP contribution in [0, 0.1) is 15.9 Å². The summed E-state index contributed by atoms with van der Waals surface area (Å²) in [4.78, 5) is 20.7. The first kappa shape index (κ1) is 14.0. The Balaban J connectivity index is 3.07. The first-order chi connectivity index (χ1) is 8.38. The van der Waals surface area contributed by atoms with Gasteiger partial charge >= 0.3 is 11.7 Å². The number of halogens is 1. The lowest BCUT2D eigenvalue weighted by molar-refractivity contribution is -0.387. The van der Waals surface area contributed by atoms with Gasteiger partial charge in [0.15, 0.2) is 0 Å². The van der Waals surface area contributed by atoms with E-state index in [-0.39, 0.29) is 5.56 Å². The lowest BCUT2D eigenvalue weighted by Gasteiger charge is -2.16. The van der Waals surface area contributed by atoms with Crippen molar-refractivity contribution >= 4 is 11.7 Å². The van der Waals surface area contributed by atoms with E-state index in [0.717, 1.165) is 25.3 Å². The molecule has 1 aromatic rings. The van der Waals surface area contributed by atoms with Gasteiger partial charge in [0.05, 0.1) is 12.0 Å². The van der Waals surface area contributed by atoms with Crippen LogP contribution in [0.2, 0.25) is 0 Å². The topological polar surface area (TPSA) is 116 Å². The molecular weight excluding hydrogens is 247 g/mol. The Hall–Kier alpha value is -2.06. The molecule has 0 fully saturated rings. The van der Waals surface area contributed by atoms with Gasteiger partial charge in [-0.3, -0.25) is 14.9 Å². The minimum absolute atomic E-state index is 0.0407. The van der Waals surface area contributed by atoms with E-state index in [2.05, 4.69) is 4.74 Å². The lowest BCUT2D eigenvalue weighted by Crippen LogP contribution is -2.37. The number of methoxy groups -OCH3 is 1. The van der Waals surface area contributed by atoms with E-state index >= 15 is 0 Å². The Morgan fingerprint density at radius 3 is 2.72 bits per heavy atom. The summed E-state index contributed by atoms with van der Waals surface area (Å²) in [7, 11) is 1.09. The van der Waals surface area contributed by atoms with E-state index in [1.807, 2.05) is 0 Å². The first-order valence-electron chi connectivity index (χ1n) is 4.83. The summed E-state index contributed by atoms with van der Waals surface area (Å²) in [5, 5.41) is 20.2. The van der Waals surface area contributed by atoms with E-state index in [1.165, 1.54) is 0 Å². The highest BCUT2D eigenvalue weighted by molar-refractivity contribution is 5.76. The predicted octanol–water partition coefficient (Wildman–Crippen LogP) is 0.268. The molecule has 0 radical (unpaired) electrons. The number of carbonyl (C=O) groups excluding carboxylic acids is 1. The number of nitrogens with two attached hydrogens (primary N) is 1. The van der Waals surface area contributed by atoms with Crippen molar-refractivity contribution < 1.29 is 24.0 Å². The van der Waals surface area contributed by atoms with Crippen LogP contribution in [-0.4, -0.2) is 29.2 Å². The highest BCUT2D eigenvalue weighted by atomic mass is 19.1. The van der Waals surface area contributed by atoms with Gasteiger partial charge in [0, 0.05) is 6.07 Å². The second-order valence-electron chi connectivity index (χ2n) is 3.46. The molecular formula is C10H11FN2O5. The van der Waals surface area contributed by atoms with Crippen LogP contribution in [0.15, 0.2) is 18.2 Å². The number of aliphatic hydroxyl groups is 1. The molecule has 1 aromatic carbocycles. The van der Waals surface area contributed by atoms with Crippen LogP contribution in [0.25, 0.3) is 0 Å². The Bertz CT molecular complexity index is 479. The van der Waals surface area contributed by atoms with Crippen LogP contribution in [0.3, 0.4) is 0 Å². The molecule has 0 saturated heterocycles. The largest absolute Gasteiger partial charge is 0.468 e. The fraction of sp³-hybridized carbons (Fsp3) is 0.300. The number of hydrogen-bond acceptors (Lipinski definition) is 6. The molecule has 0 aliphatic carbocycles. The first-order valence-corrected chi connectivity index (χ1v) is 4.83. The van der Waals surface area contributed by atoms with Crippen molar-refractivity contribution in [1.82, 2.24) is 0 Å². The fourth-order valence-corrected chi connectivity index (χ4v) is 1.33. The van der Waals surface area contributed by atoms with E-state index in [4.69, 9.17) is 5.73 Å². The monoisotopic (exact) mass is 258 g/mol. The number of benzene rings is 1. The molecule has 3 N–H and O–H groups in total. The molecule has 0 aliphatic rings. The number of rotatable bonds is 4. The van der Waals surface area contributed by atoms with Gasteiger partial charge in [-0.15, -0.1) is 0 Å². The van der Waals surface area contributed by atoms with Crippen LogP contribution in [0.1, 0.15) is 11.7 Å². The Kier molecular flexibility index (Phi) is 4.29. The number of nitro groups is 1. The number of ether oxygens (including phenoxy) is 1. The van der Waals surface area contributed by atoms with E-state index in [0.29, 0.717) is 0 Å². The summed E-state index contributed by atoms with van der Waals surface area (Å²) in [6.45, 7) is 0. The summed E-state index contributed by atoms with van der Waals surface area (Å²) >= 11 is 0. The molecule has 0 aromatic heterocycles. The van der Waals surface area contributed by atoms with E-state index in [9.17, 15) is 24.4 Å². The molecule has 0 amide bonds. The summed E-state index contributed by atoms with van der Waals surface area (Å²) in [6, 6.07) is 1.35. The van der Waals surface area contributed by atoms with Crippen LogP contribution < -0.4 is 5.73 Å². The van der Waals surface area contributed by atoms with Gasteiger partial charge in [-0.1, -0.05) is 6.07 Å². The minimum Gasteiger partial charge on any atom is -0.468 e. The van der Waals surface area contributed by atoms with Crippen molar-refractivity contribution in [3.63, 3.8) is 0 Å². The third-order valence-electron chi connectivity index (χ3n) is 2.32. The average molecular weight is 258 g/mol. The SMILES string of the molecule is COC(=O)[C@@H](N)[C@@H](O)c1ccc(F)c([N+](=O)[O-])c1. The third-order valence-corrected chi connectivity index (χ3v) is 2.32. The lowest BCUT2D eigenvalue weighted by atomic mass is 10.0. The zero-order chi connectivity index (χ0) is 13.9. The van der Waals surface area contributed by atoms with E-state index in [1.54, 1.807) is 0 Å². The smallest absolute Gasteiger partial charge is 0.325 e. The second-order valence-corrected chi connectivity index (χ2v) is 3.46. The minimum atomic E-state index is -1.52. The molecule has 0 saturated carbocycles. The maximum absolute atomic E-state index is 13.1. The number of esters is 1. The fourth-order valence-electron chi connectivity index (χ4n) is 1.33. The zero-order valence-electron chi connectivity index (χ0n) is 9.37. The van der Waals surface area contributed by atoms with Crippen LogP contribution in [0.5, 0.6) is 0 Å². The van der Waals surface area contributed by atoms with Crippen LogP contribution >= 0.6 is 0 Å². The third kappa shape index (κ3) is 2.79. The molecule has 8 heteroatoms. The van der Waals surface area contributed by atoms with Crippen molar-refractivity contribution in [1.29, 1.82) is 0 Å².